The number of ether oxygens (including phenoxy) is 1. The first-order chi connectivity index (χ1) is 11.5. The lowest BCUT2D eigenvalue weighted by Crippen LogP contribution is -2.30. The van der Waals surface area contributed by atoms with Crippen molar-refractivity contribution in [3.63, 3.8) is 0 Å². The molecular weight excluding hydrogens is 328 g/mol. The molecule has 0 spiro atoms. The molecule has 24 heavy (non-hydrogen) atoms. The van der Waals surface area contributed by atoms with Gasteiger partial charge >= 0.3 is 6.03 Å². The minimum Gasteiger partial charge on any atom is -0.492 e. The lowest BCUT2D eigenvalue weighted by molar-refractivity contribution is -0.0598. The average Bonchev–Trinajstić information content (AvgIpc) is 2.57. The van der Waals surface area contributed by atoms with Gasteiger partial charge in [-0.3, -0.25) is 4.84 Å². The lowest BCUT2D eigenvalue weighted by atomic mass is 10.1. The van der Waals surface area contributed by atoms with Crippen molar-refractivity contribution in [3.8, 4) is 5.75 Å². The number of carbonyl (C=O) groups excluding carboxylic acids is 1. The van der Waals surface area contributed by atoms with Gasteiger partial charge in [-0.2, -0.15) is 0 Å². The minimum absolute atomic E-state index is 0.387. The van der Waals surface area contributed by atoms with E-state index < -0.39 is 0 Å². The van der Waals surface area contributed by atoms with E-state index in [4.69, 9.17) is 21.2 Å². The molecule has 0 heterocycles. The molecule has 0 aliphatic heterocycles. The maximum absolute atomic E-state index is 11.7. The number of hydrogen-bond acceptors (Lipinski definition) is 3. The van der Waals surface area contributed by atoms with Crippen LogP contribution < -0.4 is 10.1 Å². The number of hydroxylamine groups is 2. The molecule has 2 rings (SSSR count). The monoisotopic (exact) mass is 348 g/mol. The predicted octanol–water partition coefficient (Wildman–Crippen LogP) is 4.30. The molecule has 0 radical (unpaired) electrons. The second-order valence-electron chi connectivity index (χ2n) is 5.34. The minimum atomic E-state index is -0.387. The number of hydrogen-bond donors (Lipinski definition) is 1. The molecule has 6 heteroatoms. The number of rotatable bonds is 6. The summed E-state index contributed by atoms with van der Waals surface area (Å²) < 4.78 is 5.72. The van der Waals surface area contributed by atoms with E-state index in [1.807, 2.05) is 0 Å². The second-order valence-corrected chi connectivity index (χ2v) is 5.75. The molecular formula is C18H21ClN2O3. The van der Waals surface area contributed by atoms with Crippen molar-refractivity contribution in [1.82, 2.24) is 5.06 Å². The van der Waals surface area contributed by atoms with Gasteiger partial charge in [0.15, 0.2) is 0 Å². The average molecular weight is 349 g/mol. The number of benzene rings is 2. The number of amides is 2. The molecule has 5 nitrogen and oxygen atoms in total. The molecule has 0 atom stereocenters. The molecule has 2 aromatic rings. The molecule has 0 aliphatic carbocycles. The zero-order valence-electron chi connectivity index (χ0n) is 14.0. The summed E-state index contributed by atoms with van der Waals surface area (Å²) in [4.78, 5) is 16.5. The van der Waals surface area contributed by atoms with E-state index >= 15 is 0 Å². The fourth-order valence-corrected chi connectivity index (χ4v) is 2.25. The Bertz CT molecular complexity index is 689. The molecule has 128 valence electrons. The maximum Gasteiger partial charge on any atom is 0.345 e. The van der Waals surface area contributed by atoms with Gasteiger partial charge in [0.05, 0.1) is 18.7 Å². The standard InChI is InChI=1S/C18H21ClN2O3/c1-13-4-6-14(7-5-13)10-11-24-17-9-8-15(12-16(17)19)20-18(22)21(2)23-3/h4-9,12H,10-11H2,1-3H3,(H,20,22). The Labute approximate surface area is 147 Å². The van der Waals surface area contributed by atoms with Gasteiger partial charge in [-0.05, 0) is 30.7 Å². The number of anilines is 1. The summed E-state index contributed by atoms with van der Waals surface area (Å²) in [6.07, 6.45) is 0.799. The number of halogens is 1. The zero-order valence-corrected chi connectivity index (χ0v) is 14.8. The maximum atomic E-state index is 11.7. The summed E-state index contributed by atoms with van der Waals surface area (Å²) in [5.74, 6) is 0.585. The van der Waals surface area contributed by atoms with Gasteiger partial charge in [-0.25, -0.2) is 9.86 Å². The van der Waals surface area contributed by atoms with Crippen LogP contribution in [0, 0.1) is 6.92 Å². The number of nitrogens with zero attached hydrogens (tertiary/aromatic N) is 1. The normalized spacial score (nSPS) is 10.3. The number of carbonyl (C=O) groups is 1. The first-order valence-electron chi connectivity index (χ1n) is 7.56. The Kier molecular flexibility index (Phi) is 6.46. The van der Waals surface area contributed by atoms with Crippen LogP contribution in [0.1, 0.15) is 11.1 Å². The van der Waals surface area contributed by atoms with E-state index in [0.29, 0.717) is 23.1 Å². The van der Waals surface area contributed by atoms with E-state index in [9.17, 15) is 4.79 Å². The Hall–Kier alpha value is -2.24. The van der Waals surface area contributed by atoms with Crippen LogP contribution in [0.15, 0.2) is 42.5 Å². The van der Waals surface area contributed by atoms with Crippen LogP contribution in [0.4, 0.5) is 10.5 Å². The molecule has 0 bridgehead atoms. The molecule has 0 unspecified atom stereocenters. The van der Waals surface area contributed by atoms with E-state index in [1.54, 1.807) is 18.2 Å². The van der Waals surface area contributed by atoms with Crippen molar-refractivity contribution in [2.75, 3.05) is 26.1 Å². The third-order valence-corrected chi connectivity index (χ3v) is 3.81. The lowest BCUT2D eigenvalue weighted by Gasteiger charge is -2.15. The summed E-state index contributed by atoms with van der Waals surface area (Å²) in [7, 11) is 2.93. The van der Waals surface area contributed by atoms with Crippen molar-refractivity contribution in [3.05, 3.63) is 58.6 Å². The van der Waals surface area contributed by atoms with Crippen LogP contribution in [0.3, 0.4) is 0 Å². The van der Waals surface area contributed by atoms with Crippen molar-refractivity contribution >= 4 is 23.3 Å². The van der Waals surface area contributed by atoms with Crippen LogP contribution in [-0.4, -0.2) is 31.9 Å². The summed E-state index contributed by atoms with van der Waals surface area (Å²) in [6, 6.07) is 13.1. The summed E-state index contributed by atoms with van der Waals surface area (Å²) in [5, 5.41) is 4.19. The largest absolute Gasteiger partial charge is 0.492 e. The highest BCUT2D eigenvalue weighted by Gasteiger charge is 2.09. The van der Waals surface area contributed by atoms with Gasteiger partial charge in [0, 0.05) is 19.2 Å². The molecule has 0 fully saturated rings. The fourth-order valence-electron chi connectivity index (χ4n) is 2.01. The van der Waals surface area contributed by atoms with Crippen molar-refractivity contribution in [1.29, 1.82) is 0 Å². The van der Waals surface area contributed by atoms with Gasteiger partial charge in [0.2, 0.25) is 0 Å². The third kappa shape index (κ3) is 5.15. The molecule has 0 aromatic heterocycles. The highest BCUT2D eigenvalue weighted by molar-refractivity contribution is 6.32. The number of urea groups is 1. The molecule has 2 amide bonds. The van der Waals surface area contributed by atoms with Crippen molar-refractivity contribution in [2.24, 2.45) is 0 Å². The molecule has 2 aromatic carbocycles. The van der Waals surface area contributed by atoms with Gasteiger partial charge in [-0.1, -0.05) is 41.4 Å². The van der Waals surface area contributed by atoms with Gasteiger partial charge < -0.3 is 10.1 Å². The van der Waals surface area contributed by atoms with E-state index in [0.717, 1.165) is 11.5 Å². The molecule has 0 saturated carbocycles. The first kappa shape index (κ1) is 18.1. The van der Waals surface area contributed by atoms with E-state index in [2.05, 4.69) is 36.5 Å². The van der Waals surface area contributed by atoms with Crippen LogP contribution in [0.25, 0.3) is 0 Å². The van der Waals surface area contributed by atoms with Crippen LogP contribution in [0.2, 0.25) is 5.02 Å². The van der Waals surface area contributed by atoms with E-state index in [1.165, 1.54) is 25.3 Å². The highest BCUT2D eigenvalue weighted by Crippen LogP contribution is 2.28. The van der Waals surface area contributed by atoms with Gasteiger partial charge in [0.25, 0.3) is 0 Å². The molecule has 1 N–H and O–H groups in total. The first-order valence-corrected chi connectivity index (χ1v) is 7.94. The zero-order chi connectivity index (χ0) is 17.5. The Morgan fingerprint density at radius 3 is 2.54 bits per heavy atom. The van der Waals surface area contributed by atoms with Crippen molar-refractivity contribution in [2.45, 2.75) is 13.3 Å². The third-order valence-electron chi connectivity index (χ3n) is 3.51. The summed E-state index contributed by atoms with van der Waals surface area (Å²) in [5.41, 5.74) is 3.02. The van der Waals surface area contributed by atoms with Crippen LogP contribution in [-0.2, 0) is 11.3 Å². The summed E-state index contributed by atoms with van der Waals surface area (Å²) >= 11 is 6.21. The fraction of sp³-hybridized carbons (Fsp3) is 0.278. The van der Waals surface area contributed by atoms with Crippen molar-refractivity contribution < 1.29 is 14.4 Å². The van der Waals surface area contributed by atoms with Crippen LogP contribution >= 0.6 is 11.6 Å². The highest BCUT2D eigenvalue weighted by atomic mass is 35.5. The second kappa shape index (κ2) is 8.57. The Morgan fingerprint density at radius 1 is 1.21 bits per heavy atom. The molecule has 0 saturated heterocycles. The summed E-state index contributed by atoms with van der Waals surface area (Å²) in [6.45, 7) is 2.59. The molecule has 0 aliphatic rings. The van der Waals surface area contributed by atoms with Gasteiger partial charge in [0.1, 0.15) is 5.75 Å². The smallest absolute Gasteiger partial charge is 0.345 e. The predicted molar refractivity (Wildman–Crippen MR) is 95.6 cm³/mol. The topological polar surface area (TPSA) is 50.8 Å². The van der Waals surface area contributed by atoms with Gasteiger partial charge in [-0.15, -0.1) is 0 Å². The van der Waals surface area contributed by atoms with E-state index in [-0.39, 0.29) is 6.03 Å². The Morgan fingerprint density at radius 2 is 1.92 bits per heavy atom. The SMILES string of the molecule is CON(C)C(=O)Nc1ccc(OCCc2ccc(C)cc2)c(Cl)c1. The Balaban J connectivity index is 1.90. The number of aryl methyl sites for hydroxylation is 1. The quantitative estimate of drug-likeness (QED) is 0.792. The van der Waals surface area contributed by atoms with Crippen LogP contribution in [0.5, 0.6) is 5.75 Å². The number of nitrogens with one attached hydrogen (secondary N) is 1.